The molecular formula is C42H52BrClN4O6. The van der Waals surface area contributed by atoms with Crippen molar-refractivity contribution < 1.29 is 28.6 Å². The fourth-order valence-electron chi connectivity index (χ4n) is 7.32. The molecule has 4 aromatic rings. The van der Waals surface area contributed by atoms with Crippen LogP contribution in [0.3, 0.4) is 0 Å². The highest BCUT2D eigenvalue weighted by Crippen LogP contribution is 2.32. The molecule has 0 radical (unpaired) electrons. The number of esters is 2. The van der Waals surface area contributed by atoms with Gasteiger partial charge < -0.3 is 19.9 Å². The predicted octanol–water partition coefficient (Wildman–Crippen LogP) is 8.45. The fourth-order valence-corrected chi connectivity index (χ4v) is 7.95. The number of aromatic nitrogens is 1. The largest absolute Gasteiger partial charge is 0.497 e. The summed E-state index contributed by atoms with van der Waals surface area (Å²) in [6.07, 6.45) is 6.15. The average molecular weight is 824 g/mol. The van der Waals surface area contributed by atoms with Gasteiger partial charge in [-0.2, -0.15) is 0 Å². The molecule has 3 aromatic carbocycles. The predicted molar refractivity (Wildman–Crippen MR) is 218 cm³/mol. The number of rotatable bonds is 16. The van der Waals surface area contributed by atoms with Gasteiger partial charge in [0.2, 0.25) is 0 Å². The van der Waals surface area contributed by atoms with Gasteiger partial charge >= 0.3 is 11.9 Å². The van der Waals surface area contributed by atoms with Crippen LogP contribution < -0.4 is 10.5 Å². The van der Waals surface area contributed by atoms with Crippen LogP contribution in [0.15, 0.2) is 59.1 Å². The van der Waals surface area contributed by atoms with Crippen molar-refractivity contribution in [1.29, 1.82) is 0 Å². The second-order valence-electron chi connectivity index (χ2n) is 14.1. The average Bonchev–Trinajstić information content (AvgIpc) is 3.44. The lowest BCUT2D eigenvalue weighted by molar-refractivity contribution is -0.143. The number of fused-ring (bicyclic) bond motifs is 1. The Morgan fingerprint density at radius 1 is 0.963 bits per heavy atom. The molecule has 0 amide bonds. The molecule has 12 heteroatoms. The van der Waals surface area contributed by atoms with E-state index in [1.807, 2.05) is 39.0 Å². The zero-order valence-corrected chi connectivity index (χ0v) is 34.3. The minimum atomic E-state index is -0.413. The van der Waals surface area contributed by atoms with Crippen molar-refractivity contribution in [2.45, 2.75) is 84.8 Å². The zero-order valence-electron chi connectivity index (χ0n) is 32.0. The van der Waals surface area contributed by atoms with E-state index in [1.54, 1.807) is 48.1 Å². The van der Waals surface area contributed by atoms with Crippen LogP contribution in [0.2, 0.25) is 5.02 Å². The lowest BCUT2D eigenvalue weighted by Crippen LogP contribution is -2.37. The van der Waals surface area contributed by atoms with Crippen LogP contribution in [0.4, 0.5) is 5.69 Å². The van der Waals surface area contributed by atoms with Gasteiger partial charge in [-0.15, -0.1) is 0 Å². The zero-order chi connectivity index (χ0) is 38.9. The van der Waals surface area contributed by atoms with E-state index in [0.29, 0.717) is 74.5 Å². The highest BCUT2D eigenvalue weighted by Gasteiger charge is 2.24. The standard InChI is InChI=1S/C42H52BrClN4O6/c1-6-46(33-10-8-7-9-11-33)26-31-22-30(23-37(43)40(31)45)42(51)54-21-19-47(27(2)3)18-20-53-39(49)25-35-28(4)48(38-17-16-34(52-5)24-36(35)38)41(50)29-12-14-32(44)15-13-29/h12-17,22-24,27,33H,6-11,18-21,25-26,45H2,1-5H3. The van der Waals surface area contributed by atoms with Crippen LogP contribution in [0, 0.1) is 6.92 Å². The number of carbonyl (C=O) groups excluding carboxylic acids is 3. The van der Waals surface area contributed by atoms with E-state index in [-0.39, 0.29) is 31.6 Å². The third-order valence-corrected chi connectivity index (χ3v) is 11.4. The molecule has 1 aromatic heterocycles. The first-order chi connectivity index (χ1) is 25.9. The summed E-state index contributed by atoms with van der Waals surface area (Å²) in [6, 6.07) is 16.4. The Balaban J connectivity index is 1.18. The molecule has 290 valence electrons. The van der Waals surface area contributed by atoms with E-state index in [9.17, 15) is 14.4 Å². The summed E-state index contributed by atoms with van der Waals surface area (Å²) in [4.78, 5) is 44.7. The molecule has 1 heterocycles. The molecule has 0 unspecified atom stereocenters. The van der Waals surface area contributed by atoms with Crippen molar-refractivity contribution in [3.63, 3.8) is 0 Å². The second kappa shape index (κ2) is 19.1. The molecule has 5 rings (SSSR count). The van der Waals surface area contributed by atoms with Crippen LogP contribution in [-0.2, 0) is 27.2 Å². The number of hydrogen-bond donors (Lipinski definition) is 1. The van der Waals surface area contributed by atoms with E-state index < -0.39 is 11.9 Å². The number of nitrogen functional groups attached to an aromatic ring is 1. The molecule has 2 N–H and O–H groups in total. The van der Waals surface area contributed by atoms with Crippen molar-refractivity contribution in [2.24, 2.45) is 0 Å². The van der Waals surface area contributed by atoms with E-state index in [2.05, 4.69) is 32.7 Å². The normalized spacial score (nSPS) is 13.6. The molecule has 1 fully saturated rings. The number of anilines is 1. The Bertz CT molecular complexity index is 1940. The Kier molecular flexibility index (Phi) is 14.6. The third-order valence-electron chi connectivity index (χ3n) is 10.5. The molecule has 1 aliphatic rings. The monoisotopic (exact) mass is 822 g/mol. The summed E-state index contributed by atoms with van der Waals surface area (Å²) in [5, 5.41) is 1.28. The van der Waals surface area contributed by atoms with Crippen LogP contribution in [0.1, 0.15) is 90.4 Å². The van der Waals surface area contributed by atoms with Gasteiger partial charge in [0.25, 0.3) is 5.91 Å². The lowest BCUT2D eigenvalue weighted by atomic mass is 9.93. The summed E-state index contributed by atoms with van der Waals surface area (Å²) < 4.78 is 19.2. The highest BCUT2D eigenvalue weighted by molar-refractivity contribution is 9.10. The number of hydrogen-bond acceptors (Lipinski definition) is 9. The Morgan fingerprint density at radius 2 is 1.65 bits per heavy atom. The van der Waals surface area contributed by atoms with Crippen LogP contribution in [0.5, 0.6) is 5.75 Å². The fraction of sp³-hybridized carbons (Fsp3) is 0.452. The first-order valence-corrected chi connectivity index (χ1v) is 20.0. The van der Waals surface area contributed by atoms with Gasteiger partial charge in [-0.25, -0.2) is 4.79 Å². The first kappa shape index (κ1) is 41.3. The van der Waals surface area contributed by atoms with Crippen LogP contribution >= 0.6 is 27.5 Å². The maximum Gasteiger partial charge on any atom is 0.338 e. The second-order valence-corrected chi connectivity index (χ2v) is 15.4. The van der Waals surface area contributed by atoms with Gasteiger partial charge in [0.1, 0.15) is 19.0 Å². The molecular weight excluding hydrogens is 772 g/mol. The Labute approximate surface area is 332 Å². The molecule has 0 saturated heterocycles. The molecule has 0 bridgehead atoms. The van der Waals surface area contributed by atoms with E-state index >= 15 is 0 Å². The summed E-state index contributed by atoms with van der Waals surface area (Å²) >= 11 is 9.62. The lowest BCUT2D eigenvalue weighted by Gasteiger charge is -2.34. The van der Waals surface area contributed by atoms with Gasteiger partial charge in [-0.1, -0.05) is 37.8 Å². The van der Waals surface area contributed by atoms with Crippen molar-refractivity contribution in [2.75, 3.05) is 45.7 Å². The summed E-state index contributed by atoms with van der Waals surface area (Å²) in [5.74, 6) is -0.435. The number of nitrogens with two attached hydrogens (primary N) is 1. The number of methoxy groups -OCH3 is 1. The summed E-state index contributed by atoms with van der Waals surface area (Å²) in [5.41, 5.74) is 11.0. The minimum Gasteiger partial charge on any atom is -0.497 e. The molecule has 54 heavy (non-hydrogen) atoms. The number of halogens is 2. The van der Waals surface area contributed by atoms with E-state index in [0.717, 1.165) is 17.5 Å². The number of benzene rings is 3. The molecule has 1 aliphatic carbocycles. The first-order valence-electron chi connectivity index (χ1n) is 18.8. The Hall–Kier alpha value is -3.90. The maximum atomic E-state index is 13.6. The molecule has 1 saturated carbocycles. The summed E-state index contributed by atoms with van der Waals surface area (Å²) in [7, 11) is 1.57. The topological polar surface area (TPSA) is 116 Å². The SMILES string of the molecule is CCN(Cc1cc(C(=O)OCCN(CCOC(=O)Cc2c(C)n(C(=O)c3ccc(Cl)cc3)c3ccc(OC)cc23)C(C)C)cc(Br)c1N)C1CCCCC1. The van der Waals surface area contributed by atoms with Gasteiger partial charge in [-0.3, -0.25) is 24.0 Å². The number of ether oxygens (including phenoxy) is 3. The van der Waals surface area contributed by atoms with Gasteiger partial charge in [0, 0.05) is 57.9 Å². The van der Waals surface area contributed by atoms with Gasteiger partial charge in [0.05, 0.1) is 30.3 Å². The number of nitrogens with zero attached hydrogens (tertiary/aromatic N) is 3. The Morgan fingerprint density at radius 3 is 2.30 bits per heavy atom. The molecule has 0 aliphatic heterocycles. The highest BCUT2D eigenvalue weighted by atomic mass is 79.9. The van der Waals surface area contributed by atoms with Crippen LogP contribution in [0.25, 0.3) is 10.9 Å². The van der Waals surface area contributed by atoms with E-state index in [1.165, 1.54) is 32.1 Å². The van der Waals surface area contributed by atoms with Crippen molar-refractivity contribution in [1.82, 2.24) is 14.4 Å². The smallest absolute Gasteiger partial charge is 0.338 e. The van der Waals surface area contributed by atoms with E-state index in [4.69, 9.17) is 31.5 Å². The molecule has 10 nitrogen and oxygen atoms in total. The molecule has 0 spiro atoms. The minimum absolute atomic E-state index is 0.0223. The van der Waals surface area contributed by atoms with Crippen molar-refractivity contribution in [3.05, 3.63) is 92.0 Å². The van der Waals surface area contributed by atoms with Gasteiger partial charge in [-0.05, 0) is 122 Å². The number of carbonyl (C=O) groups is 3. The maximum absolute atomic E-state index is 13.6. The quantitative estimate of drug-likeness (QED) is 0.0878. The molecule has 0 atom stereocenters. The summed E-state index contributed by atoms with van der Waals surface area (Å²) in [6.45, 7) is 10.9. The van der Waals surface area contributed by atoms with Crippen molar-refractivity contribution >= 4 is 62.0 Å². The van der Waals surface area contributed by atoms with Gasteiger partial charge in [0.15, 0.2) is 0 Å². The van der Waals surface area contributed by atoms with Crippen molar-refractivity contribution in [3.8, 4) is 5.75 Å². The van der Waals surface area contributed by atoms with Crippen LogP contribution in [-0.4, -0.2) is 84.3 Å². The third kappa shape index (κ3) is 10.0.